The smallest absolute Gasteiger partial charge is 0.244 e. The van der Waals surface area contributed by atoms with E-state index >= 15 is 0 Å². The summed E-state index contributed by atoms with van der Waals surface area (Å²) in [4.78, 5) is 26.9. The summed E-state index contributed by atoms with van der Waals surface area (Å²) in [5.41, 5.74) is 7.16. The van der Waals surface area contributed by atoms with Crippen molar-refractivity contribution in [3.05, 3.63) is 35.1 Å². The molecule has 1 aromatic carbocycles. The van der Waals surface area contributed by atoms with Crippen LogP contribution in [0.1, 0.15) is 39.2 Å². The van der Waals surface area contributed by atoms with Crippen LogP contribution in [0, 0.1) is 5.41 Å². The van der Waals surface area contributed by atoms with E-state index < -0.39 is 30.1 Å². The van der Waals surface area contributed by atoms with Crippen LogP contribution < -0.4 is 11.1 Å². The number of carbonyl (C=O) groups is 2. The second kappa shape index (κ2) is 9.37. The van der Waals surface area contributed by atoms with Crippen molar-refractivity contribution in [3.63, 3.8) is 0 Å². The summed E-state index contributed by atoms with van der Waals surface area (Å²) in [5.74, 6) is -1.11. The second-order valence-electron chi connectivity index (χ2n) is 9.03. The van der Waals surface area contributed by atoms with Crippen LogP contribution >= 0.6 is 11.6 Å². The van der Waals surface area contributed by atoms with Crippen LogP contribution in [-0.2, 0) is 16.1 Å². The van der Waals surface area contributed by atoms with E-state index in [0.717, 1.165) is 5.56 Å². The number of rotatable bonds is 6. The van der Waals surface area contributed by atoms with E-state index in [1.165, 1.54) is 11.0 Å². The van der Waals surface area contributed by atoms with Gasteiger partial charge in [0.25, 0.3) is 0 Å². The topological polar surface area (TPSA) is 119 Å². The second-order valence-corrected chi connectivity index (χ2v) is 9.47. The molecule has 2 aromatic rings. The van der Waals surface area contributed by atoms with Crippen molar-refractivity contribution in [2.45, 2.75) is 58.4 Å². The Morgan fingerprint density at radius 1 is 1.39 bits per heavy atom. The molecule has 1 unspecified atom stereocenters. The Morgan fingerprint density at radius 2 is 2.13 bits per heavy atom. The Bertz CT molecular complexity index is 932. The zero-order valence-electron chi connectivity index (χ0n) is 17.8. The highest BCUT2D eigenvalue weighted by molar-refractivity contribution is 6.30. The predicted octanol–water partition coefficient (Wildman–Crippen LogP) is 1.63. The number of benzene rings is 1. The molecule has 3 N–H and O–H groups in total. The lowest BCUT2D eigenvalue weighted by Gasteiger charge is -2.26. The quantitative estimate of drug-likeness (QED) is 0.685. The molecule has 2 amide bonds. The maximum absolute atomic E-state index is 14.3. The molecule has 1 aromatic heterocycles. The number of carbonyl (C=O) groups excluding carboxylic acids is 2. The van der Waals surface area contributed by atoms with Crippen molar-refractivity contribution in [2.24, 2.45) is 11.1 Å². The highest BCUT2D eigenvalue weighted by Gasteiger charge is 2.38. The van der Waals surface area contributed by atoms with E-state index in [0.29, 0.717) is 17.1 Å². The first-order chi connectivity index (χ1) is 14.5. The molecule has 1 fully saturated rings. The van der Waals surface area contributed by atoms with Crippen LogP contribution in [0.15, 0.2) is 24.5 Å². The summed E-state index contributed by atoms with van der Waals surface area (Å²) < 4.78 is 15.7. The van der Waals surface area contributed by atoms with E-state index in [2.05, 4.69) is 20.8 Å². The molecule has 1 saturated heterocycles. The number of likely N-dealkylation sites (tertiary alicyclic amines) is 1. The SMILES string of the molecule is CC(C)(C)C[C@@H](N)C(=O)NC(=O)[C@@H]1CC(F)CN1Cc1cc(Cl)ccc1-n1cnnn1. The summed E-state index contributed by atoms with van der Waals surface area (Å²) in [6, 6.07) is 3.55. The third kappa shape index (κ3) is 6.05. The monoisotopic (exact) mass is 451 g/mol. The lowest BCUT2D eigenvalue weighted by atomic mass is 9.88. The molecular weight excluding hydrogens is 425 g/mol. The molecule has 31 heavy (non-hydrogen) atoms. The Kier molecular flexibility index (Phi) is 7.03. The minimum atomic E-state index is -1.19. The highest BCUT2D eigenvalue weighted by Crippen LogP contribution is 2.27. The van der Waals surface area contributed by atoms with Gasteiger partial charge >= 0.3 is 0 Å². The normalized spacial score (nSPS) is 20.6. The van der Waals surface area contributed by atoms with E-state index in [4.69, 9.17) is 17.3 Å². The largest absolute Gasteiger partial charge is 0.320 e. The maximum atomic E-state index is 14.3. The predicted molar refractivity (Wildman–Crippen MR) is 113 cm³/mol. The molecule has 11 heteroatoms. The number of nitrogens with two attached hydrogens (primary N) is 1. The van der Waals surface area contributed by atoms with Crippen molar-refractivity contribution in [2.75, 3.05) is 6.54 Å². The van der Waals surface area contributed by atoms with Crippen LogP contribution in [0.3, 0.4) is 0 Å². The molecule has 0 spiro atoms. The molecule has 0 saturated carbocycles. The first-order valence-corrected chi connectivity index (χ1v) is 10.4. The van der Waals surface area contributed by atoms with E-state index in [1.807, 2.05) is 20.8 Å². The number of imide groups is 1. The lowest BCUT2D eigenvalue weighted by Crippen LogP contribution is -2.50. The minimum Gasteiger partial charge on any atom is -0.320 e. The summed E-state index contributed by atoms with van der Waals surface area (Å²) >= 11 is 6.16. The van der Waals surface area contributed by atoms with E-state index in [-0.39, 0.29) is 24.9 Å². The first-order valence-electron chi connectivity index (χ1n) is 10.0. The van der Waals surface area contributed by atoms with Gasteiger partial charge in [-0.2, -0.15) is 0 Å². The van der Waals surface area contributed by atoms with Gasteiger partial charge in [-0.05, 0) is 46.0 Å². The van der Waals surface area contributed by atoms with Gasteiger partial charge in [0.2, 0.25) is 11.8 Å². The Hall–Kier alpha value is -2.43. The number of nitrogens with one attached hydrogen (secondary N) is 1. The van der Waals surface area contributed by atoms with Gasteiger partial charge < -0.3 is 5.73 Å². The molecule has 2 heterocycles. The molecule has 3 rings (SSSR count). The van der Waals surface area contributed by atoms with Crippen molar-refractivity contribution in [3.8, 4) is 5.69 Å². The fourth-order valence-electron chi connectivity index (χ4n) is 3.74. The van der Waals surface area contributed by atoms with Crippen LogP contribution in [-0.4, -0.2) is 61.7 Å². The first kappa shape index (κ1) is 23.2. The van der Waals surface area contributed by atoms with Gasteiger partial charge in [0, 0.05) is 24.5 Å². The van der Waals surface area contributed by atoms with Gasteiger partial charge in [-0.25, -0.2) is 9.07 Å². The molecule has 168 valence electrons. The summed E-state index contributed by atoms with van der Waals surface area (Å²) in [6.45, 7) is 6.17. The minimum absolute atomic E-state index is 0.00555. The third-order valence-electron chi connectivity index (χ3n) is 5.08. The Balaban J connectivity index is 1.74. The van der Waals surface area contributed by atoms with Gasteiger partial charge in [-0.3, -0.25) is 19.8 Å². The average molecular weight is 452 g/mol. The number of hydrogen-bond donors (Lipinski definition) is 2. The van der Waals surface area contributed by atoms with Crippen molar-refractivity contribution >= 4 is 23.4 Å². The number of tetrazole rings is 1. The average Bonchev–Trinajstić information content (AvgIpc) is 3.30. The maximum Gasteiger partial charge on any atom is 0.244 e. The van der Waals surface area contributed by atoms with Gasteiger partial charge in [0.05, 0.1) is 17.8 Å². The van der Waals surface area contributed by atoms with E-state index in [1.54, 1.807) is 23.1 Å². The number of halogens is 2. The van der Waals surface area contributed by atoms with Crippen LogP contribution in [0.4, 0.5) is 4.39 Å². The number of hydrogen-bond acceptors (Lipinski definition) is 7. The van der Waals surface area contributed by atoms with Gasteiger partial charge in [0.15, 0.2) is 0 Å². The fraction of sp³-hybridized carbons (Fsp3) is 0.550. The third-order valence-corrected chi connectivity index (χ3v) is 5.32. The number of aromatic nitrogens is 4. The number of nitrogens with zero attached hydrogens (tertiary/aromatic N) is 5. The van der Waals surface area contributed by atoms with Crippen LogP contribution in [0.2, 0.25) is 5.02 Å². The highest BCUT2D eigenvalue weighted by atomic mass is 35.5. The molecule has 0 radical (unpaired) electrons. The molecular formula is C20H27ClFN7O2. The zero-order valence-corrected chi connectivity index (χ0v) is 18.5. The fourth-order valence-corrected chi connectivity index (χ4v) is 3.93. The summed E-state index contributed by atoms with van der Waals surface area (Å²) in [6.07, 6.45) is 0.664. The standard InChI is InChI=1S/C20H27ClFN7O2/c1-20(2,3)8-15(23)18(30)25-19(31)17-7-14(22)10-28(17)9-12-6-13(21)4-5-16(12)29-11-24-26-27-29/h4-6,11,14-15,17H,7-10,23H2,1-3H3,(H,25,30,31)/t14?,15-,17+/m1/s1. The van der Waals surface area contributed by atoms with Crippen molar-refractivity contribution in [1.82, 2.24) is 30.4 Å². The molecule has 9 nitrogen and oxygen atoms in total. The van der Waals surface area contributed by atoms with Gasteiger partial charge in [-0.15, -0.1) is 5.10 Å². The van der Waals surface area contributed by atoms with E-state index in [9.17, 15) is 14.0 Å². The van der Waals surface area contributed by atoms with Crippen LogP contribution in [0.5, 0.6) is 0 Å². The summed E-state index contributed by atoms with van der Waals surface area (Å²) in [7, 11) is 0. The lowest BCUT2D eigenvalue weighted by molar-refractivity contribution is -0.134. The zero-order chi connectivity index (χ0) is 22.8. The van der Waals surface area contributed by atoms with Crippen molar-refractivity contribution in [1.29, 1.82) is 0 Å². The summed E-state index contributed by atoms with van der Waals surface area (Å²) in [5, 5.41) is 14.0. The Labute approximate surface area is 185 Å². The molecule has 1 aliphatic heterocycles. The van der Waals surface area contributed by atoms with Gasteiger partial charge in [0.1, 0.15) is 12.5 Å². The molecule has 3 atom stereocenters. The molecule has 0 aliphatic carbocycles. The number of amides is 2. The van der Waals surface area contributed by atoms with Gasteiger partial charge in [-0.1, -0.05) is 32.4 Å². The molecule has 0 bridgehead atoms. The number of alkyl halides is 1. The molecule has 1 aliphatic rings. The Morgan fingerprint density at radius 3 is 2.77 bits per heavy atom. The van der Waals surface area contributed by atoms with Crippen LogP contribution in [0.25, 0.3) is 5.69 Å². The van der Waals surface area contributed by atoms with Crippen molar-refractivity contribution < 1.29 is 14.0 Å².